The van der Waals surface area contributed by atoms with E-state index < -0.39 is 38.6 Å². The zero-order chi connectivity index (χ0) is 19.6. The highest BCUT2D eigenvalue weighted by Crippen LogP contribution is 2.31. The second-order valence-electron chi connectivity index (χ2n) is 5.23. The number of nitro groups is 3. The van der Waals surface area contributed by atoms with E-state index in [0.29, 0.717) is 0 Å². The number of carbonyl (C=O) groups excluding carboxylic acids is 1. The summed E-state index contributed by atoms with van der Waals surface area (Å²) in [5, 5.41) is 38.8. The first-order chi connectivity index (χ1) is 12.1. The van der Waals surface area contributed by atoms with Crippen molar-refractivity contribution in [1.82, 2.24) is 9.78 Å². The van der Waals surface area contributed by atoms with Crippen LogP contribution in [0.1, 0.15) is 11.3 Å². The van der Waals surface area contributed by atoms with Crippen molar-refractivity contribution >= 4 is 28.7 Å². The molecule has 2 aromatic rings. The lowest BCUT2D eigenvalue weighted by molar-refractivity contribution is -0.395. The fourth-order valence-corrected chi connectivity index (χ4v) is 2.25. The second-order valence-corrected chi connectivity index (χ2v) is 5.23. The van der Waals surface area contributed by atoms with E-state index in [1.54, 1.807) is 0 Å². The Hall–Kier alpha value is -3.90. The smallest absolute Gasteiger partial charge is 0.309 e. The van der Waals surface area contributed by atoms with Gasteiger partial charge in [0, 0.05) is 12.1 Å². The molecule has 2 rings (SSSR count). The molecule has 0 fully saturated rings. The Morgan fingerprint density at radius 3 is 1.96 bits per heavy atom. The maximum atomic E-state index is 12.1. The molecular formula is C13H12N6O7. The van der Waals surface area contributed by atoms with Gasteiger partial charge in [0.05, 0.1) is 20.5 Å². The number of carbonyl (C=O) groups is 1. The van der Waals surface area contributed by atoms with Gasteiger partial charge in [0.25, 0.3) is 11.4 Å². The van der Waals surface area contributed by atoms with E-state index in [4.69, 9.17) is 0 Å². The van der Waals surface area contributed by atoms with E-state index in [0.717, 1.165) is 23.0 Å². The van der Waals surface area contributed by atoms with Crippen molar-refractivity contribution in [2.24, 2.45) is 0 Å². The number of anilines is 1. The molecule has 1 heterocycles. The largest absolute Gasteiger partial charge is 0.324 e. The van der Waals surface area contributed by atoms with Crippen LogP contribution < -0.4 is 5.32 Å². The molecule has 1 aromatic carbocycles. The van der Waals surface area contributed by atoms with Gasteiger partial charge in [0.1, 0.15) is 24.0 Å². The van der Waals surface area contributed by atoms with Crippen molar-refractivity contribution in [2.75, 3.05) is 5.32 Å². The Bertz CT molecular complexity index is 900. The summed E-state index contributed by atoms with van der Waals surface area (Å²) in [4.78, 5) is 42.7. The molecule has 0 aliphatic rings. The lowest BCUT2D eigenvalue weighted by Crippen LogP contribution is -2.20. The normalized spacial score (nSPS) is 10.4. The maximum absolute atomic E-state index is 12.1. The van der Waals surface area contributed by atoms with Gasteiger partial charge in [0.2, 0.25) is 5.91 Å². The van der Waals surface area contributed by atoms with Gasteiger partial charge >= 0.3 is 5.69 Å². The van der Waals surface area contributed by atoms with Crippen LogP contribution in [0.25, 0.3) is 0 Å². The van der Waals surface area contributed by atoms with Crippen LogP contribution in [0.5, 0.6) is 0 Å². The van der Waals surface area contributed by atoms with Gasteiger partial charge in [-0.05, 0) is 13.8 Å². The highest BCUT2D eigenvalue weighted by atomic mass is 16.6. The molecule has 0 unspecified atom stereocenters. The molecule has 0 saturated carbocycles. The molecule has 0 aliphatic heterocycles. The molecule has 0 atom stereocenters. The van der Waals surface area contributed by atoms with Crippen LogP contribution in [0.2, 0.25) is 0 Å². The van der Waals surface area contributed by atoms with Crippen molar-refractivity contribution in [2.45, 2.75) is 20.4 Å². The predicted octanol–water partition coefficient (Wildman–Crippen LogP) is 1.86. The van der Waals surface area contributed by atoms with Crippen LogP contribution in [-0.4, -0.2) is 30.5 Å². The molecule has 0 saturated heterocycles. The third kappa shape index (κ3) is 3.61. The number of benzene rings is 1. The number of aromatic nitrogens is 2. The zero-order valence-electron chi connectivity index (χ0n) is 13.5. The van der Waals surface area contributed by atoms with Crippen molar-refractivity contribution in [3.8, 4) is 0 Å². The lowest BCUT2D eigenvalue weighted by Gasteiger charge is -2.08. The van der Waals surface area contributed by atoms with Gasteiger partial charge in [-0.25, -0.2) is 0 Å². The van der Waals surface area contributed by atoms with Gasteiger partial charge in [-0.1, -0.05) is 0 Å². The maximum Gasteiger partial charge on any atom is 0.309 e. The third-order valence-electron chi connectivity index (χ3n) is 3.60. The van der Waals surface area contributed by atoms with Crippen LogP contribution in [0.15, 0.2) is 18.3 Å². The minimum atomic E-state index is -0.793. The summed E-state index contributed by atoms with van der Waals surface area (Å²) < 4.78 is 1.07. The summed E-state index contributed by atoms with van der Waals surface area (Å²) in [6, 6.07) is 2.00. The van der Waals surface area contributed by atoms with Crippen molar-refractivity contribution < 1.29 is 19.6 Å². The number of nitrogens with one attached hydrogen (secondary N) is 1. The fourth-order valence-electron chi connectivity index (χ4n) is 2.25. The number of rotatable bonds is 6. The van der Waals surface area contributed by atoms with E-state index in [1.165, 1.54) is 13.8 Å². The SMILES string of the molecule is Cc1c([N+](=O)[O-])cc(NC(=O)Cn2ncc([N+](=O)[O-])c2C)cc1[N+](=O)[O-]. The summed E-state index contributed by atoms with van der Waals surface area (Å²) in [5.41, 5.74) is -1.43. The summed E-state index contributed by atoms with van der Waals surface area (Å²) in [6.45, 7) is 2.23. The highest BCUT2D eigenvalue weighted by Gasteiger charge is 2.24. The average Bonchev–Trinajstić information content (AvgIpc) is 2.89. The van der Waals surface area contributed by atoms with Crippen LogP contribution in [0.3, 0.4) is 0 Å². The molecule has 13 nitrogen and oxygen atoms in total. The van der Waals surface area contributed by atoms with Crippen molar-refractivity contribution in [1.29, 1.82) is 0 Å². The molecule has 26 heavy (non-hydrogen) atoms. The van der Waals surface area contributed by atoms with Crippen LogP contribution in [0, 0.1) is 44.2 Å². The first kappa shape index (κ1) is 18.4. The molecule has 0 radical (unpaired) electrons. The summed E-state index contributed by atoms with van der Waals surface area (Å²) in [6.07, 6.45) is 0.990. The molecule has 0 aliphatic carbocycles. The standard InChI is InChI=1S/C13H12N6O7/c1-7-10(17(21)22)3-9(4-11(7)18(23)24)15-13(20)6-16-8(2)12(5-14-16)19(25)26/h3-5H,6H2,1-2H3,(H,15,20). The third-order valence-corrected chi connectivity index (χ3v) is 3.60. The molecule has 136 valence electrons. The first-order valence-electron chi connectivity index (χ1n) is 7.02. The molecule has 0 spiro atoms. The minimum Gasteiger partial charge on any atom is -0.324 e. The number of nitro benzene ring substituents is 2. The van der Waals surface area contributed by atoms with Crippen LogP contribution >= 0.6 is 0 Å². The Morgan fingerprint density at radius 1 is 1.04 bits per heavy atom. The molecule has 13 heteroatoms. The summed E-state index contributed by atoms with van der Waals surface area (Å²) in [5.74, 6) is -0.710. The molecular weight excluding hydrogens is 352 g/mol. The number of nitrogens with zero attached hydrogens (tertiary/aromatic N) is 5. The Balaban J connectivity index is 2.28. The minimum absolute atomic E-state index is 0.140. The number of hydrogen-bond acceptors (Lipinski definition) is 8. The van der Waals surface area contributed by atoms with Gasteiger partial charge in [-0.15, -0.1) is 0 Å². The summed E-state index contributed by atoms with van der Waals surface area (Å²) in [7, 11) is 0. The van der Waals surface area contributed by atoms with Gasteiger partial charge in [0.15, 0.2) is 0 Å². The van der Waals surface area contributed by atoms with E-state index in [-0.39, 0.29) is 22.6 Å². The van der Waals surface area contributed by atoms with Gasteiger partial charge < -0.3 is 5.32 Å². The monoisotopic (exact) mass is 364 g/mol. The quantitative estimate of drug-likeness (QED) is 0.596. The second kappa shape index (κ2) is 6.92. The Labute approximate surface area is 144 Å². The predicted molar refractivity (Wildman–Crippen MR) is 86.7 cm³/mol. The van der Waals surface area contributed by atoms with E-state index >= 15 is 0 Å². The average molecular weight is 364 g/mol. The van der Waals surface area contributed by atoms with E-state index in [2.05, 4.69) is 10.4 Å². The van der Waals surface area contributed by atoms with Crippen molar-refractivity contribution in [3.05, 3.63) is 59.9 Å². The first-order valence-corrected chi connectivity index (χ1v) is 7.02. The van der Waals surface area contributed by atoms with Crippen LogP contribution in [-0.2, 0) is 11.3 Å². The summed E-state index contributed by atoms with van der Waals surface area (Å²) >= 11 is 0. The molecule has 1 N–H and O–H groups in total. The van der Waals surface area contributed by atoms with Crippen molar-refractivity contribution in [3.63, 3.8) is 0 Å². The number of amides is 1. The lowest BCUT2D eigenvalue weighted by atomic mass is 10.1. The molecule has 1 aromatic heterocycles. The van der Waals surface area contributed by atoms with Gasteiger partial charge in [-0.3, -0.25) is 39.8 Å². The van der Waals surface area contributed by atoms with E-state index in [1.807, 2.05) is 0 Å². The topological polar surface area (TPSA) is 176 Å². The number of hydrogen-bond donors (Lipinski definition) is 1. The zero-order valence-corrected chi connectivity index (χ0v) is 13.5. The molecule has 1 amide bonds. The van der Waals surface area contributed by atoms with E-state index in [9.17, 15) is 35.1 Å². The highest BCUT2D eigenvalue weighted by molar-refractivity contribution is 5.91. The Morgan fingerprint density at radius 2 is 1.54 bits per heavy atom. The Kier molecular flexibility index (Phi) is 4.91. The van der Waals surface area contributed by atoms with Crippen LogP contribution in [0.4, 0.5) is 22.7 Å². The van der Waals surface area contributed by atoms with Gasteiger partial charge in [-0.2, -0.15) is 5.10 Å². The molecule has 0 bridgehead atoms. The fraction of sp³-hybridized carbons (Fsp3) is 0.231.